The summed E-state index contributed by atoms with van der Waals surface area (Å²) in [5.74, 6) is 0.457. The van der Waals surface area contributed by atoms with Crippen LogP contribution < -0.4 is 0 Å². The number of para-hydroxylation sites is 1. The van der Waals surface area contributed by atoms with Gasteiger partial charge in [0.1, 0.15) is 0 Å². The van der Waals surface area contributed by atoms with Crippen LogP contribution >= 0.6 is 0 Å². The monoisotopic (exact) mass is 422 g/mol. The van der Waals surface area contributed by atoms with E-state index in [0.717, 1.165) is 42.9 Å². The zero-order valence-electron chi connectivity index (χ0n) is 17.0. The molecule has 0 bridgehead atoms. The maximum Gasteiger partial charge on any atom is 0.416 e. The number of fused-ring (bicyclic) bond motifs is 2. The summed E-state index contributed by atoms with van der Waals surface area (Å²) in [6, 6.07) is 15.6. The van der Waals surface area contributed by atoms with Crippen molar-refractivity contribution in [3.63, 3.8) is 0 Å². The SMILES string of the molecule is Cn1c(CN2CCc3cnc(-c4ccc(C(F)(F)F)cc4)nc3C2)cc2ccccc21. The van der Waals surface area contributed by atoms with Gasteiger partial charge in [0.25, 0.3) is 0 Å². The standard InChI is InChI=1S/C24H21F3N4/c1-30-20(12-17-4-2-3-5-22(17)30)14-31-11-10-18-13-28-23(29-21(18)15-31)16-6-8-19(9-7-16)24(25,26)27/h2-9,12-13H,10-11,14-15H2,1H3. The van der Waals surface area contributed by atoms with Gasteiger partial charge in [-0.15, -0.1) is 0 Å². The molecule has 0 saturated heterocycles. The molecule has 0 atom stereocenters. The fourth-order valence-electron chi connectivity index (χ4n) is 4.17. The first-order chi connectivity index (χ1) is 14.9. The van der Waals surface area contributed by atoms with Gasteiger partial charge in [0, 0.05) is 49.7 Å². The fourth-order valence-corrected chi connectivity index (χ4v) is 4.17. The molecule has 0 N–H and O–H groups in total. The van der Waals surface area contributed by atoms with Crippen molar-refractivity contribution in [2.24, 2.45) is 7.05 Å². The molecule has 0 aliphatic carbocycles. The predicted molar refractivity (Wildman–Crippen MR) is 113 cm³/mol. The lowest BCUT2D eigenvalue weighted by atomic mass is 10.1. The summed E-state index contributed by atoms with van der Waals surface area (Å²) in [4.78, 5) is 11.4. The molecular formula is C24H21F3N4. The van der Waals surface area contributed by atoms with Crippen LogP contribution in [0, 0.1) is 0 Å². The number of benzene rings is 2. The Morgan fingerprint density at radius 2 is 1.81 bits per heavy atom. The molecule has 4 aromatic rings. The van der Waals surface area contributed by atoms with E-state index >= 15 is 0 Å². The third-order valence-corrected chi connectivity index (χ3v) is 5.93. The molecule has 0 fully saturated rings. The van der Waals surface area contributed by atoms with E-state index in [2.05, 4.69) is 39.7 Å². The van der Waals surface area contributed by atoms with Gasteiger partial charge >= 0.3 is 6.18 Å². The van der Waals surface area contributed by atoms with Crippen molar-refractivity contribution in [3.8, 4) is 11.4 Å². The molecule has 0 radical (unpaired) electrons. The summed E-state index contributed by atoms with van der Waals surface area (Å²) in [6.07, 6.45) is -1.69. The smallest absolute Gasteiger partial charge is 0.346 e. The van der Waals surface area contributed by atoms with Crippen molar-refractivity contribution >= 4 is 10.9 Å². The maximum atomic E-state index is 12.8. The molecule has 7 heteroatoms. The lowest BCUT2D eigenvalue weighted by Crippen LogP contribution is -2.31. The number of rotatable bonds is 3. The first-order valence-corrected chi connectivity index (χ1v) is 10.2. The number of hydrogen-bond acceptors (Lipinski definition) is 3. The van der Waals surface area contributed by atoms with Gasteiger partial charge in [-0.3, -0.25) is 4.90 Å². The van der Waals surface area contributed by atoms with Gasteiger partial charge in [0.05, 0.1) is 11.3 Å². The van der Waals surface area contributed by atoms with Gasteiger partial charge in [0.2, 0.25) is 0 Å². The number of hydrogen-bond donors (Lipinski definition) is 0. The summed E-state index contributed by atoms with van der Waals surface area (Å²) in [5, 5.41) is 1.23. The number of nitrogens with zero attached hydrogens (tertiary/aromatic N) is 4. The lowest BCUT2D eigenvalue weighted by Gasteiger charge is -2.28. The Bertz CT molecular complexity index is 1240. The highest BCUT2D eigenvalue weighted by atomic mass is 19.4. The molecule has 31 heavy (non-hydrogen) atoms. The number of aryl methyl sites for hydroxylation is 1. The average Bonchev–Trinajstić information content (AvgIpc) is 3.08. The van der Waals surface area contributed by atoms with E-state index in [1.165, 1.54) is 28.7 Å². The van der Waals surface area contributed by atoms with Crippen LogP contribution in [-0.4, -0.2) is 26.0 Å². The van der Waals surface area contributed by atoms with Crippen molar-refractivity contribution in [2.45, 2.75) is 25.7 Å². The number of aromatic nitrogens is 3. The molecular weight excluding hydrogens is 401 g/mol. The van der Waals surface area contributed by atoms with Crippen molar-refractivity contribution in [2.75, 3.05) is 6.54 Å². The van der Waals surface area contributed by atoms with E-state index in [1.807, 2.05) is 18.3 Å². The van der Waals surface area contributed by atoms with Gasteiger partial charge in [-0.1, -0.05) is 30.3 Å². The third-order valence-electron chi connectivity index (χ3n) is 5.93. The quantitative estimate of drug-likeness (QED) is 0.454. The number of halogens is 3. The molecule has 4 nitrogen and oxygen atoms in total. The maximum absolute atomic E-state index is 12.8. The average molecular weight is 422 g/mol. The topological polar surface area (TPSA) is 34.0 Å². The van der Waals surface area contributed by atoms with E-state index in [9.17, 15) is 13.2 Å². The van der Waals surface area contributed by atoms with Crippen LogP contribution in [0.4, 0.5) is 13.2 Å². The van der Waals surface area contributed by atoms with Gasteiger partial charge in [-0.2, -0.15) is 13.2 Å². The van der Waals surface area contributed by atoms with E-state index in [4.69, 9.17) is 4.98 Å². The van der Waals surface area contributed by atoms with Crippen LogP contribution in [0.25, 0.3) is 22.3 Å². The van der Waals surface area contributed by atoms with E-state index < -0.39 is 11.7 Å². The van der Waals surface area contributed by atoms with Crippen LogP contribution in [0.2, 0.25) is 0 Å². The second-order valence-electron chi connectivity index (χ2n) is 7.95. The van der Waals surface area contributed by atoms with Gasteiger partial charge in [0.15, 0.2) is 5.82 Å². The summed E-state index contributed by atoms with van der Waals surface area (Å²) in [6.45, 7) is 2.41. The van der Waals surface area contributed by atoms with E-state index in [-0.39, 0.29) is 0 Å². The van der Waals surface area contributed by atoms with E-state index in [1.54, 1.807) is 0 Å². The Balaban J connectivity index is 1.37. The van der Waals surface area contributed by atoms with Crippen molar-refractivity contribution < 1.29 is 13.2 Å². The normalized spacial score (nSPS) is 14.7. The van der Waals surface area contributed by atoms with Crippen LogP contribution in [-0.2, 0) is 32.7 Å². The summed E-state index contributed by atoms with van der Waals surface area (Å²) >= 11 is 0. The van der Waals surface area contributed by atoms with Crippen molar-refractivity contribution in [3.05, 3.63) is 83.3 Å². The highest BCUT2D eigenvalue weighted by Gasteiger charge is 2.30. The molecule has 0 spiro atoms. The molecule has 1 aliphatic rings. The molecule has 3 heterocycles. The molecule has 0 unspecified atom stereocenters. The Morgan fingerprint density at radius 1 is 1.03 bits per heavy atom. The third kappa shape index (κ3) is 3.81. The Labute approximate surface area is 178 Å². The van der Waals surface area contributed by atoms with Gasteiger partial charge in [-0.05, 0) is 41.6 Å². The van der Waals surface area contributed by atoms with E-state index in [0.29, 0.717) is 17.9 Å². The summed E-state index contributed by atoms with van der Waals surface area (Å²) in [5.41, 5.74) is 4.40. The highest BCUT2D eigenvalue weighted by Crippen LogP contribution is 2.31. The minimum atomic E-state index is -4.35. The minimum Gasteiger partial charge on any atom is -0.346 e. The lowest BCUT2D eigenvalue weighted by molar-refractivity contribution is -0.137. The zero-order valence-corrected chi connectivity index (χ0v) is 17.0. The Hall–Kier alpha value is -3.19. The molecule has 158 valence electrons. The molecule has 5 rings (SSSR count). The summed E-state index contributed by atoms with van der Waals surface area (Å²) in [7, 11) is 2.08. The second kappa shape index (κ2) is 7.50. The molecule has 0 amide bonds. The second-order valence-corrected chi connectivity index (χ2v) is 7.95. The van der Waals surface area contributed by atoms with Crippen molar-refractivity contribution in [1.82, 2.24) is 19.4 Å². The zero-order chi connectivity index (χ0) is 21.6. The van der Waals surface area contributed by atoms with Gasteiger partial charge in [-0.25, -0.2) is 9.97 Å². The first kappa shape index (κ1) is 19.8. The largest absolute Gasteiger partial charge is 0.416 e. The molecule has 1 aliphatic heterocycles. The first-order valence-electron chi connectivity index (χ1n) is 10.2. The van der Waals surface area contributed by atoms with Crippen LogP contribution in [0.3, 0.4) is 0 Å². The molecule has 2 aromatic carbocycles. The van der Waals surface area contributed by atoms with Crippen molar-refractivity contribution in [1.29, 1.82) is 0 Å². The van der Waals surface area contributed by atoms with Crippen LogP contribution in [0.5, 0.6) is 0 Å². The van der Waals surface area contributed by atoms with Crippen LogP contribution in [0.15, 0.2) is 60.8 Å². The fraction of sp³-hybridized carbons (Fsp3) is 0.250. The molecule has 2 aromatic heterocycles. The summed E-state index contributed by atoms with van der Waals surface area (Å²) < 4.78 is 40.7. The van der Waals surface area contributed by atoms with Crippen LogP contribution in [0.1, 0.15) is 22.5 Å². The minimum absolute atomic E-state index is 0.457. The van der Waals surface area contributed by atoms with Gasteiger partial charge < -0.3 is 4.57 Å². The Kier molecular flexibility index (Phi) is 4.78. The Morgan fingerprint density at radius 3 is 2.55 bits per heavy atom. The number of alkyl halides is 3. The molecule has 0 saturated carbocycles. The predicted octanol–water partition coefficient (Wildman–Crippen LogP) is 5.21. The highest BCUT2D eigenvalue weighted by molar-refractivity contribution is 5.81.